The van der Waals surface area contributed by atoms with Gasteiger partial charge < -0.3 is 14.2 Å². The van der Waals surface area contributed by atoms with Crippen molar-refractivity contribution < 1.29 is 4.74 Å². The van der Waals surface area contributed by atoms with Gasteiger partial charge >= 0.3 is 0 Å². The first-order chi connectivity index (χ1) is 12.8. The van der Waals surface area contributed by atoms with Crippen LogP contribution in [-0.4, -0.2) is 41.2 Å². The van der Waals surface area contributed by atoms with Gasteiger partial charge in [0.05, 0.1) is 19.1 Å². The number of benzene rings is 1. The van der Waals surface area contributed by atoms with Crippen molar-refractivity contribution in [2.24, 2.45) is 11.8 Å². The monoisotopic (exact) mass is 351 g/mol. The van der Waals surface area contributed by atoms with Gasteiger partial charge in [-0.15, -0.1) is 0 Å². The lowest BCUT2D eigenvalue weighted by Gasteiger charge is -2.44. The number of methoxy groups -OCH3 is 1. The van der Waals surface area contributed by atoms with Crippen molar-refractivity contribution in [1.29, 1.82) is 0 Å². The lowest BCUT2D eigenvalue weighted by atomic mass is 9.72. The van der Waals surface area contributed by atoms with Gasteiger partial charge in [-0.1, -0.05) is 12.8 Å². The predicted octanol–water partition coefficient (Wildman–Crippen LogP) is 4.03. The number of hydrogen-bond acceptors (Lipinski definition) is 3. The average Bonchev–Trinajstić information content (AvgIpc) is 3.08. The molecule has 2 fully saturated rings. The number of nitrogens with zero attached hydrogens (tertiary/aromatic N) is 3. The van der Waals surface area contributed by atoms with Gasteiger partial charge in [-0.2, -0.15) is 0 Å². The summed E-state index contributed by atoms with van der Waals surface area (Å²) in [6.07, 6.45) is 13.8. The third-order valence-corrected chi connectivity index (χ3v) is 7.30. The molecule has 0 amide bonds. The van der Waals surface area contributed by atoms with E-state index in [0.717, 1.165) is 23.3 Å². The van der Waals surface area contributed by atoms with E-state index < -0.39 is 0 Å². The zero-order valence-corrected chi connectivity index (χ0v) is 15.9. The largest absolute Gasteiger partial charge is 0.495 e. The minimum absolute atomic E-state index is 0.694. The lowest BCUT2D eigenvalue weighted by Crippen LogP contribution is -2.47. The number of ether oxygens (including phenoxy) is 1. The van der Waals surface area contributed by atoms with Crippen LogP contribution in [0.4, 0.5) is 0 Å². The molecule has 138 valence electrons. The molecule has 2 aromatic rings. The fourth-order valence-electron chi connectivity index (χ4n) is 6.04. The fourth-order valence-corrected chi connectivity index (χ4v) is 6.04. The van der Waals surface area contributed by atoms with Crippen LogP contribution in [0.3, 0.4) is 0 Å². The maximum Gasteiger partial charge on any atom is 0.143 e. The molecule has 26 heavy (non-hydrogen) atoms. The molecular weight excluding hydrogens is 322 g/mol. The summed E-state index contributed by atoms with van der Waals surface area (Å²) in [4.78, 5) is 6.87. The molecule has 1 saturated heterocycles. The molecule has 1 aromatic carbocycles. The quantitative estimate of drug-likeness (QED) is 0.818. The highest BCUT2D eigenvalue weighted by molar-refractivity contribution is 5.54. The summed E-state index contributed by atoms with van der Waals surface area (Å²) in [5, 5.41) is 0. The molecule has 4 atom stereocenters. The number of aromatic nitrogens is 2. The van der Waals surface area contributed by atoms with Gasteiger partial charge in [-0.3, -0.25) is 0 Å². The van der Waals surface area contributed by atoms with Crippen LogP contribution >= 0.6 is 0 Å². The van der Waals surface area contributed by atoms with Crippen LogP contribution < -0.4 is 4.74 Å². The Bertz CT molecular complexity index is 785. The standard InChI is InChI=1S/C22H29N3O/c1-24-9-7-17-16-5-3-4-6-18(17)20(24)11-15-12-21(25-10-8-23-14-25)22(26-2)13-19(15)16/h8,10,12-14,16-18,20H,3-7,9,11H2,1-2H3/t16?,17?,18-,20-/m0/s1. The smallest absolute Gasteiger partial charge is 0.143 e. The Morgan fingerprint density at radius 3 is 2.81 bits per heavy atom. The molecule has 3 aliphatic rings. The molecule has 2 aliphatic carbocycles. The van der Waals surface area contributed by atoms with E-state index >= 15 is 0 Å². The molecule has 2 unspecified atom stereocenters. The topological polar surface area (TPSA) is 30.3 Å². The summed E-state index contributed by atoms with van der Waals surface area (Å²) in [7, 11) is 4.13. The van der Waals surface area contributed by atoms with Crippen LogP contribution in [0, 0.1) is 11.8 Å². The Kier molecular flexibility index (Phi) is 4.04. The summed E-state index contributed by atoms with van der Waals surface area (Å²) >= 11 is 0. The van der Waals surface area contributed by atoms with Gasteiger partial charge in [0.2, 0.25) is 0 Å². The van der Waals surface area contributed by atoms with E-state index in [-0.39, 0.29) is 0 Å². The van der Waals surface area contributed by atoms with Crippen LogP contribution in [0.25, 0.3) is 5.69 Å². The second-order valence-electron chi connectivity index (χ2n) is 8.45. The van der Waals surface area contributed by atoms with Gasteiger partial charge in [0.15, 0.2) is 0 Å². The third kappa shape index (κ3) is 2.50. The highest BCUT2D eigenvalue weighted by atomic mass is 16.5. The molecule has 0 radical (unpaired) electrons. The first-order valence-corrected chi connectivity index (χ1v) is 10.2. The molecule has 4 bridgehead atoms. The molecular formula is C22H29N3O. The number of likely N-dealkylation sites (tertiary alicyclic amines) is 1. The number of piperidine rings is 1. The molecule has 1 saturated carbocycles. The maximum atomic E-state index is 5.82. The Morgan fingerprint density at radius 2 is 2.00 bits per heavy atom. The first-order valence-electron chi connectivity index (χ1n) is 10.2. The van der Waals surface area contributed by atoms with E-state index in [9.17, 15) is 0 Å². The van der Waals surface area contributed by atoms with E-state index in [1.165, 1.54) is 50.6 Å². The van der Waals surface area contributed by atoms with Crippen molar-refractivity contribution in [3.8, 4) is 11.4 Å². The minimum atomic E-state index is 0.694. The molecule has 4 nitrogen and oxygen atoms in total. The molecule has 0 N–H and O–H groups in total. The predicted molar refractivity (Wildman–Crippen MR) is 103 cm³/mol. The van der Waals surface area contributed by atoms with E-state index in [1.807, 2.05) is 18.7 Å². The van der Waals surface area contributed by atoms with Crippen LogP contribution in [0.2, 0.25) is 0 Å². The summed E-state index contributed by atoms with van der Waals surface area (Å²) in [6, 6.07) is 5.44. The summed E-state index contributed by atoms with van der Waals surface area (Å²) in [5.41, 5.74) is 4.23. The highest BCUT2D eigenvalue weighted by Gasteiger charge is 2.44. The van der Waals surface area contributed by atoms with E-state index in [4.69, 9.17) is 4.74 Å². The fraction of sp³-hybridized carbons (Fsp3) is 0.591. The number of imidazole rings is 1. The Balaban J connectivity index is 1.68. The molecule has 2 heterocycles. The van der Waals surface area contributed by atoms with Crippen LogP contribution in [0.15, 0.2) is 30.9 Å². The Hall–Kier alpha value is -1.81. The van der Waals surface area contributed by atoms with E-state index in [2.05, 4.69) is 33.6 Å². The zero-order valence-electron chi connectivity index (χ0n) is 15.9. The van der Waals surface area contributed by atoms with Crippen molar-refractivity contribution in [1.82, 2.24) is 14.5 Å². The van der Waals surface area contributed by atoms with Gasteiger partial charge in [-0.25, -0.2) is 4.98 Å². The zero-order chi connectivity index (χ0) is 17.7. The minimum Gasteiger partial charge on any atom is -0.495 e. The summed E-state index contributed by atoms with van der Waals surface area (Å²) in [6.45, 7) is 1.25. The highest BCUT2D eigenvalue weighted by Crippen LogP contribution is 2.51. The van der Waals surface area contributed by atoms with Crippen LogP contribution in [0.1, 0.15) is 49.1 Å². The van der Waals surface area contributed by atoms with E-state index in [0.29, 0.717) is 12.0 Å². The number of fused-ring (bicyclic) bond motifs is 2. The van der Waals surface area contributed by atoms with Crippen molar-refractivity contribution in [3.05, 3.63) is 42.0 Å². The van der Waals surface area contributed by atoms with Gasteiger partial charge in [0.1, 0.15) is 5.75 Å². The van der Waals surface area contributed by atoms with Gasteiger partial charge in [0, 0.05) is 18.4 Å². The molecule has 0 spiro atoms. The van der Waals surface area contributed by atoms with Gasteiger partial charge in [0.25, 0.3) is 0 Å². The second kappa shape index (κ2) is 6.41. The Morgan fingerprint density at radius 1 is 1.12 bits per heavy atom. The molecule has 1 aliphatic heterocycles. The van der Waals surface area contributed by atoms with Gasteiger partial charge in [-0.05, 0) is 80.3 Å². The molecule has 5 rings (SSSR count). The number of hydrogen-bond donors (Lipinski definition) is 0. The normalized spacial score (nSPS) is 31.0. The molecule has 1 aromatic heterocycles. The van der Waals surface area contributed by atoms with E-state index in [1.54, 1.807) is 12.7 Å². The SMILES string of the molecule is COc1cc2c(cc1-n1ccnc1)C[C@H]1[C@H]3CCCCC2C3CCN1C. The van der Waals surface area contributed by atoms with Crippen molar-refractivity contribution in [2.75, 3.05) is 20.7 Å². The van der Waals surface area contributed by atoms with Crippen molar-refractivity contribution in [3.63, 3.8) is 0 Å². The third-order valence-electron chi connectivity index (χ3n) is 7.30. The summed E-state index contributed by atoms with van der Waals surface area (Å²) in [5.74, 6) is 3.40. The van der Waals surface area contributed by atoms with Crippen molar-refractivity contribution >= 4 is 0 Å². The maximum absolute atomic E-state index is 5.82. The second-order valence-corrected chi connectivity index (χ2v) is 8.45. The Labute approximate surface area is 156 Å². The average molecular weight is 351 g/mol. The first kappa shape index (κ1) is 16.4. The van der Waals surface area contributed by atoms with Crippen LogP contribution in [0.5, 0.6) is 5.75 Å². The molecule has 4 heteroatoms. The van der Waals surface area contributed by atoms with Crippen molar-refractivity contribution in [2.45, 2.75) is 50.5 Å². The summed E-state index contributed by atoms with van der Waals surface area (Å²) < 4.78 is 7.90. The number of rotatable bonds is 2. The number of likely N-dealkylation sites (N-methyl/N-ethyl adjacent to an activating group) is 1. The lowest BCUT2D eigenvalue weighted by molar-refractivity contribution is 0.0613. The van der Waals surface area contributed by atoms with Crippen LogP contribution in [-0.2, 0) is 6.42 Å².